The van der Waals surface area contributed by atoms with Gasteiger partial charge in [-0.15, -0.1) is 11.3 Å². The number of aryl methyl sites for hydroxylation is 1. The number of hydrogen-bond donors (Lipinski definition) is 1. The number of anilines is 1. The molecule has 18 heavy (non-hydrogen) atoms. The summed E-state index contributed by atoms with van der Waals surface area (Å²) in [7, 11) is 0. The Morgan fingerprint density at radius 3 is 3.06 bits per heavy atom. The number of nitrogens with zero attached hydrogens (tertiary/aromatic N) is 2. The number of rotatable bonds is 4. The van der Waals surface area contributed by atoms with Gasteiger partial charge in [0.25, 0.3) is 0 Å². The van der Waals surface area contributed by atoms with Crippen molar-refractivity contribution in [2.45, 2.75) is 13.3 Å². The molecule has 0 aliphatic heterocycles. The first-order valence-corrected chi connectivity index (χ1v) is 7.60. The lowest BCUT2D eigenvalue weighted by Crippen LogP contribution is -2.06. The van der Waals surface area contributed by atoms with E-state index in [-0.39, 0.29) is 0 Å². The van der Waals surface area contributed by atoms with Gasteiger partial charge in [-0.3, -0.25) is 0 Å². The van der Waals surface area contributed by atoms with Crippen molar-refractivity contribution in [2.24, 2.45) is 0 Å². The molecule has 0 fully saturated rings. The van der Waals surface area contributed by atoms with Crippen LogP contribution in [0.3, 0.4) is 0 Å². The summed E-state index contributed by atoms with van der Waals surface area (Å²) in [6.45, 7) is 2.99. The Balaban J connectivity index is 1.74. The first-order chi connectivity index (χ1) is 8.84. The molecule has 0 aliphatic rings. The molecule has 0 atom stereocenters. The standard InChI is InChI=1S/C13H13N3S2/c1-9-6-18-12-11(9)15-8-16-13(12)14-4-2-10-3-5-17-7-10/h3,5-8H,2,4H2,1H3,(H,14,15,16). The van der Waals surface area contributed by atoms with Crippen LogP contribution in [0.2, 0.25) is 0 Å². The Kier molecular flexibility index (Phi) is 3.25. The van der Waals surface area contributed by atoms with Crippen molar-refractivity contribution >= 4 is 38.7 Å². The minimum absolute atomic E-state index is 0.903. The normalized spacial score (nSPS) is 10.9. The molecule has 0 saturated carbocycles. The lowest BCUT2D eigenvalue weighted by Gasteiger charge is -2.05. The van der Waals surface area contributed by atoms with Crippen LogP contribution < -0.4 is 5.32 Å². The van der Waals surface area contributed by atoms with E-state index in [1.165, 1.54) is 11.1 Å². The van der Waals surface area contributed by atoms with Gasteiger partial charge in [0.05, 0.1) is 10.2 Å². The van der Waals surface area contributed by atoms with Crippen LogP contribution in [0, 0.1) is 6.92 Å². The van der Waals surface area contributed by atoms with Crippen molar-refractivity contribution in [1.29, 1.82) is 0 Å². The molecule has 3 nitrogen and oxygen atoms in total. The van der Waals surface area contributed by atoms with E-state index in [9.17, 15) is 0 Å². The van der Waals surface area contributed by atoms with Crippen LogP contribution in [0.15, 0.2) is 28.5 Å². The molecule has 0 saturated heterocycles. The van der Waals surface area contributed by atoms with Crippen LogP contribution in [0.25, 0.3) is 10.2 Å². The van der Waals surface area contributed by atoms with Gasteiger partial charge in [-0.05, 0) is 46.7 Å². The molecule has 0 bridgehead atoms. The van der Waals surface area contributed by atoms with Gasteiger partial charge in [-0.1, -0.05) is 0 Å². The van der Waals surface area contributed by atoms with Crippen molar-refractivity contribution in [1.82, 2.24) is 9.97 Å². The van der Waals surface area contributed by atoms with E-state index < -0.39 is 0 Å². The topological polar surface area (TPSA) is 37.8 Å². The average molecular weight is 275 g/mol. The van der Waals surface area contributed by atoms with Gasteiger partial charge < -0.3 is 5.32 Å². The molecule has 0 spiro atoms. The summed E-state index contributed by atoms with van der Waals surface area (Å²) in [6.07, 6.45) is 2.66. The first-order valence-electron chi connectivity index (χ1n) is 5.78. The van der Waals surface area contributed by atoms with Gasteiger partial charge in [-0.2, -0.15) is 11.3 Å². The maximum atomic E-state index is 4.33. The summed E-state index contributed by atoms with van der Waals surface area (Å²) in [4.78, 5) is 8.65. The minimum atomic E-state index is 0.903. The van der Waals surface area contributed by atoms with Crippen LogP contribution >= 0.6 is 22.7 Å². The van der Waals surface area contributed by atoms with Gasteiger partial charge in [0.15, 0.2) is 0 Å². The summed E-state index contributed by atoms with van der Waals surface area (Å²) in [5, 5.41) is 9.83. The molecule has 3 aromatic rings. The third-order valence-corrected chi connectivity index (χ3v) is 4.64. The lowest BCUT2D eigenvalue weighted by atomic mass is 10.2. The first kappa shape index (κ1) is 11.6. The maximum absolute atomic E-state index is 4.33. The fraction of sp³-hybridized carbons (Fsp3) is 0.231. The Bertz CT molecular complexity index is 643. The van der Waals surface area contributed by atoms with Gasteiger partial charge in [0, 0.05) is 6.54 Å². The van der Waals surface area contributed by atoms with Crippen LogP contribution in [0.1, 0.15) is 11.1 Å². The van der Waals surface area contributed by atoms with Gasteiger partial charge in [0.2, 0.25) is 0 Å². The molecular weight excluding hydrogens is 262 g/mol. The predicted molar refractivity (Wildman–Crippen MR) is 78.7 cm³/mol. The highest BCUT2D eigenvalue weighted by molar-refractivity contribution is 7.18. The second-order valence-corrected chi connectivity index (χ2v) is 5.79. The largest absolute Gasteiger partial charge is 0.368 e. The van der Waals surface area contributed by atoms with Crippen molar-refractivity contribution < 1.29 is 0 Å². The summed E-state index contributed by atoms with van der Waals surface area (Å²) in [5.74, 6) is 0.952. The molecular formula is C13H13N3S2. The van der Waals surface area contributed by atoms with Crippen LogP contribution in [-0.4, -0.2) is 16.5 Å². The second-order valence-electron chi connectivity index (χ2n) is 4.13. The van der Waals surface area contributed by atoms with Crippen molar-refractivity contribution in [3.8, 4) is 0 Å². The Hall–Kier alpha value is -1.46. The van der Waals surface area contributed by atoms with Crippen molar-refractivity contribution in [2.75, 3.05) is 11.9 Å². The molecule has 1 N–H and O–H groups in total. The molecule has 3 heterocycles. The van der Waals surface area contributed by atoms with Gasteiger partial charge in [-0.25, -0.2) is 9.97 Å². The summed E-state index contributed by atoms with van der Waals surface area (Å²) in [6, 6.07) is 2.16. The average Bonchev–Trinajstić information content (AvgIpc) is 3.01. The fourth-order valence-corrected chi connectivity index (χ4v) is 3.53. The number of aromatic nitrogens is 2. The summed E-state index contributed by atoms with van der Waals surface area (Å²) < 4.78 is 1.15. The second kappa shape index (κ2) is 5.04. The molecule has 3 rings (SSSR count). The number of thiophene rings is 2. The Labute approximate surface area is 114 Å². The van der Waals surface area contributed by atoms with E-state index in [1.807, 2.05) is 0 Å². The number of fused-ring (bicyclic) bond motifs is 1. The summed E-state index contributed by atoms with van der Waals surface area (Å²) in [5.41, 5.74) is 3.66. The quantitative estimate of drug-likeness (QED) is 0.788. The molecule has 92 valence electrons. The predicted octanol–water partition coefficient (Wildman–Crippen LogP) is 3.72. The third kappa shape index (κ3) is 2.23. The van der Waals surface area contributed by atoms with E-state index >= 15 is 0 Å². The number of hydrogen-bond acceptors (Lipinski definition) is 5. The molecule has 0 radical (unpaired) electrons. The van der Waals surface area contributed by atoms with Crippen LogP contribution in [0.4, 0.5) is 5.82 Å². The Morgan fingerprint density at radius 2 is 2.22 bits per heavy atom. The van der Waals surface area contributed by atoms with E-state index in [0.29, 0.717) is 0 Å². The van der Waals surface area contributed by atoms with Crippen molar-refractivity contribution in [3.63, 3.8) is 0 Å². The SMILES string of the molecule is Cc1csc2c(NCCc3ccsc3)ncnc12. The highest BCUT2D eigenvalue weighted by Gasteiger charge is 2.07. The van der Waals surface area contributed by atoms with E-state index in [2.05, 4.69) is 44.4 Å². The zero-order valence-electron chi connectivity index (χ0n) is 10.0. The lowest BCUT2D eigenvalue weighted by molar-refractivity contribution is 1.01. The van der Waals surface area contributed by atoms with Gasteiger partial charge >= 0.3 is 0 Å². The molecule has 0 amide bonds. The van der Waals surface area contributed by atoms with E-state index in [1.54, 1.807) is 29.0 Å². The van der Waals surface area contributed by atoms with Crippen molar-refractivity contribution in [3.05, 3.63) is 39.7 Å². The minimum Gasteiger partial charge on any atom is -0.368 e. The fourth-order valence-electron chi connectivity index (χ4n) is 1.86. The smallest absolute Gasteiger partial charge is 0.147 e. The summed E-state index contributed by atoms with van der Waals surface area (Å²) >= 11 is 3.44. The molecule has 5 heteroatoms. The van der Waals surface area contributed by atoms with E-state index in [0.717, 1.165) is 29.0 Å². The maximum Gasteiger partial charge on any atom is 0.147 e. The van der Waals surface area contributed by atoms with Crippen LogP contribution in [-0.2, 0) is 6.42 Å². The third-order valence-electron chi connectivity index (χ3n) is 2.82. The van der Waals surface area contributed by atoms with Crippen LogP contribution in [0.5, 0.6) is 0 Å². The zero-order valence-corrected chi connectivity index (χ0v) is 11.6. The monoisotopic (exact) mass is 275 g/mol. The molecule has 0 aliphatic carbocycles. The Morgan fingerprint density at radius 1 is 1.28 bits per heavy atom. The van der Waals surface area contributed by atoms with E-state index in [4.69, 9.17) is 0 Å². The highest BCUT2D eigenvalue weighted by atomic mass is 32.1. The molecule has 0 aromatic carbocycles. The van der Waals surface area contributed by atoms with Gasteiger partial charge in [0.1, 0.15) is 12.1 Å². The number of nitrogens with one attached hydrogen (secondary N) is 1. The highest BCUT2D eigenvalue weighted by Crippen LogP contribution is 2.28. The zero-order chi connectivity index (χ0) is 12.4. The molecule has 3 aromatic heterocycles. The molecule has 0 unspecified atom stereocenters.